The minimum absolute atomic E-state index is 0.0420. The smallest absolute Gasteiger partial charge is 0.331 e. The first kappa shape index (κ1) is 18.1. The number of amides is 1. The lowest BCUT2D eigenvalue weighted by atomic mass is 10.00. The molecule has 0 aliphatic heterocycles. The Morgan fingerprint density at radius 3 is 2.35 bits per heavy atom. The zero-order valence-corrected chi connectivity index (χ0v) is 11.8. The van der Waals surface area contributed by atoms with Crippen LogP contribution in [0.25, 0.3) is 0 Å². The molecule has 0 aromatic heterocycles. The van der Waals surface area contributed by atoms with Gasteiger partial charge in [-0.1, -0.05) is 6.58 Å². The van der Waals surface area contributed by atoms with Crippen LogP contribution < -0.4 is 5.32 Å². The molecule has 7 nitrogen and oxygen atoms in total. The second kappa shape index (κ2) is 9.96. The number of hydrogen-bond acceptors (Lipinski definition) is 6. The summed E-state index contributed by atoms with van der Waals surface area (Å²) < 4.78 is 9.48. The lowest BCUT2D eigenvalue weighted by Gasteiger charge is -2.22. The van der Waals surface area contributed by atoms with Crippen molar-refractivity contribution in [2.45, 2.75) is 38.8 Å². The van der Waals surface area contributed by atoms with E-state index in [1.165, 1.54) is 0 Å². The van der Waals surface area contributed by atoms with E-state index in [0.717, 1.165) is 0 Å². The Kier molecular flexibility index (Phi) is 9.02. The second-order valence-corrected chi connectivity index (χ2v) is 3.92. The number of ether oxygens (including phenoxy) is 2. The minimum atomic E-state index is -1.33. The fourth-order valence-corrected chi connectivity index (χ4v) is 1.47. The Morgan fingerprint density at radius 2 is 1.85 bits per heavy atom. The minimum Gasteiger partial charge on any atom is -0.466 e. The van der Waals surface area contributed by atoms with Gasteiger partial charge in [0.25, 0.3) is 0 Å². The predicted molar refractivity (Wildman–Crippen MR) is 70.6 cm³/mol. The maximum absolute atomic E-state index is 11.6. The van der Waals surface area contributed by atoms with E-state index in [-0.39, 0.29) is 31.6 Å². The third-order valence-corrected chi connectivity index (χ3v) is 2.48. The number of carbonyl (C=O) groups is 3. The quantitative estimate of drug-likeness (QED) is 0.331. The number of esters is 2. The molecular formula is C13H21NO6. The van der Waals surface area contributed by atoms with E-state index in [4.69, 9.17) is 9.47 Å². The van der Waals surface area contributed by atoms with Gasteiger partial charge in [0.05, 0.1) is 13.2 Å². The Bertz CT molecular complexity index is 355. The molecule has 0 aromatic rings. The number of carbonyl (C=O) groups excluding carboxylic acids is 3. The van der Waals surface area contributed by atoms with Crippen molar-refractivity contribution in [3.63, 3.8) is 0 Å². The molecule has 2 unspecified atom stereocenters. The average Bonchev–Trinajstić information content (AvgIpc) is 2.42. The number of aliphatic hydroxyl groups excluding tert-OH is 1. The van der Waals surface area contributed by atoms with Crippen molar-refractivity contribution in [1.29, 1.82) is 0 Å². The van der Waals surface area contributed by atoms with Crippen molar-refractivity contribution in [1.82, 2.24) is 5.32 Å². The molecule has 7 heteroatoms. The van der Waals surface area contributed by atoms with Gasteiger partial charge in [-0.2, -0.15) is 0 Å². The molecule has 0 saturated heterocycles. The predicted octanol–water partition coefficient (Wildman–Crippen LogP) is -0.0755. The highest BCUT2D eigenvalue weighted by Gasteiger charge is 2.29. The number of hydrogen-bond donors (Lipinski definition) is 2. The number of rotatable bonds is 10. The van der Waals surface area contributed by atoms with Gasteiger partial charge in [0, 0.05) is 6.42 Å². The third kappa shape index (κ3) is 6.33. The van der Waals surface area contributed by atoms with Crippen LogP contribution in [0, 0.1) is 0 Å². The Labute approximate surface area is 117 Å². The molecule has 1 amide bonds. The number of nitrogens with one attached hydrogen (secondary N) is 1. The summed E-state index contributed by atoms with van der Waals surface area (Å²) in [5.74, 6) is -1.18. The molecule has 0 saturated carbocycles. The maximum Gasteiger partial charge on any atom is 0.331 e. The van der Waals surface area contributed by atoms with Gasteiger partial charge >= 0.3 is 11.9 Å². The van der Waals surface area contributed by atoms with Gasteiger partial charge < -0.3 is 19.9 Å². The summed E-state index contributed by atoms with van der Waals surface area (Å²) in [5, 5.41) is 12.2. The van der Waals surface area contributed by atoms with Crippen LogP contribution in [0.5, 0.6) is 0 Å². The van der Waals surface area contributed by atoms with Crippen LogP contribution in [-0.2, 0) is 23.9 Å². The Hall–Kier alpha value is -1.89. The maximum atomic E-state index is 11.6. The van der Waals surface area contributed by atoms with Crippen LogP contribution in [-0.4, -0.2) is 48.8 Å². The van der Waals surface area contributed by atoms with Gasteiger partial charge in [-0.25, -0.2) is 4.79 Å². The van der Waals surface area contributed by atoms with Crippen molar-refractivity contribution in [2.24, 2.45) is 0 Å². The number of aliphatic hydroxyl groups is 1. The van der Waals surface area contributed by atoms with Crippen LogP contribution >= 0.6 is 0 Å². The summed E-state index contributed by atoms with van der Waals surface area (Å²) >= 11 is 0. The largest absolute Gasteiger partial charge is 0.466 e. The zero-order valence-electron chi connectivity index (χ0n) is 11.8. The summed E-state index contributed by atoms with van der Waals surface area (Å²) in [7, 11) is 0. The highest BCUT2D eigenvalue weighted by molar-refractivity contribution is 5.79. The highest BCUT2D eigenvalue weighted by Crippen LogP contribution is 2.13. The van der Waals surface area contributed by atoms with Gasteiger partial charge in [-0.3, -0.25) is 9.59 Å². The summed E-state index contributed by atoms with van der Waals surface area (Å²) in [6.45, 7) is 7.30. The average molecular weight is 287 g/mol. The first-order chi connectivity index (χ1) is 9.47. The van der Waals surface area contributed by atoms with Crippen molar-refractivity contribution >= 4 is 18.3 Å². The molecule has 0 spiro atoms. The molecule has 20 heavy (non-hydrogen) atoms. The van der Waals surface area contributed by atoms with Gasteiger partial charge in [0.15, 0.2) is 6.04 Å². The lowest BCUT2D eigenvalue weighted by Crippen LogP contribution is -2.47. The topological polar surface area (TPSA) is 102 Å². The van der Waals surface area contributed by atoms with Crippen molar-refractivity contribution in [2.75, 3.05) is 13.2 Å². The SMILES string of the molecule is C=C(CCC(=O)OCC)C(O)C(NC=O)C(=O)OCC. The molecule has 0 radical (unpaired) electrons. The van der Waals surface area contributed by atoms with Gasteiger partial charge in [-0.15, -0.1) is 0 Å². The van der Waals surface area contributed by atoms with E-state index in [9.17, 15) is 19.5 Å². The van der Waals surface area contributed by atoms with E-state index in [1.807, 2.05) is 0 Å². The molecule has 0 aromatic carbocycles. The normalized spacial score (nSPS) is 12.9. The van der Waals surface area contributed by atoms with Gasteiger partial charge in [0.1, 0.15) is 6.10 Å². The monoisotopic (exact) mass is 287 g/mol. The standard InChI is InChI=1S/C13H21NO6/c1-4-19-10(16)7-6-9(3)12(17)11(14-8-15)13(18)20-5-2/h8,11-12,17H,3-7H2,1-2H3,(H,14,15). The van der Waals surface area contributed by atoms with Crippen LogP contribution in [0.4, 0.5) is 0 Å². The molecule has 0 aliphatic carbocycles. The fourth-order valence-electron chi connectivity index (χ4n) is 1.47. The molecule has 2 N–H and O–H groups in total. The van der Waals surface area contributed by atoms with E-state index in [1.54, 1.807) is 13.8 Å². The molecule has 114 valence electrons. The first-order valence-electron chi connectivity index (χ1n) is 6.35. The molecule has 0 fully saturated rings. The lowest BCUT2D eigenvalue weighted by molar-refractivity contribution is -0.149. The van der Waals surface area contributed by atoms with E-state index in [0.29, 0.717) is 6.41 Å². The second-order valence-electron chi connectivity index (χ2n) is 3.92. The molecule has 0 rings (SSSR count). The highest BCUT2D eigenvalue weighted by atomic mass is 16.5. The molecule has 0 heterocycles. The molecule has 0 aliphatic rings. The van der Waals surface area contributed by atoms with Crippen molar-refractivity contribution in [3.8, 4) is 0 Å². The van der Waals surface area contributed by atoms with Crippen LogP contribution in [0.3, 0.4) is 0 Å². The summed E-state index contributed by atoms with van der Waals surface area (Å²) in [4.78, 5) is 33.2. The zero-order chi connectivity index (χ0) is 15.5. The van der Waals surface area contributed by atoms with E-state index >= 15 is 0 Å². The van der Waals surface area contributed by atoms with Crippen LogP contribution in [0.1, 0.15) is 26.7 Å². The summed E-state index contributed by atoms with van der Waals surface area (Å²) in [6.07, 6.45) is -0.839. The molecule has 2 atom stereocenters. The molecular weight excluding hydrogens is 266 g/mol. The van der Waals surface area contributed by atoms with Crippen molar-refractivity contribution < 1.29 is 29.0 Å². The van der Waals surface area contributed by atoms with Crippen LogP contribution in [0.15, 0.2) is 12.2 Å². The van der Waals surface area contributed by atoms with Crippen molar-refractivity contribution in [3.05, 3.63) is 12.2 Å². The third-order valence-electron chi connectivity index (χ3n) is 2.48. The van der Waals surface area contributed by atoms with Gasteiger partial charge in [0.2, 0.25) is 6.41 Å². The Balaban J connectivity index is 4.51. The first-order valence-corrected chi connectivity index (χ1v) is 6.35. The fraction of sp³-hybridized carbons (Fsp3) is 0.615. The Morgan fingerprint density at radius 1 is 1.25 bits per heavy atom. The summed E-state index contributed by atoms with van der Waals surface area (Å²) in [5.41, 5.74) is 0.241. The van der Waals surface area contributed by atoms with E-state index in [2.05, 4.69) is 11.9 Å². The molecule has 0 bridgehead atoms. The van der Waals surface area contributed by atoms with Crippen LogP contribution in [0.2, 0.25) is 0 Å². The summed E-state index contributed by atoms with van der Waals surface area (Å²) in [6, 6.07) is -1.23. The van der Waals surface area contributed by atoms with Gasteiger partial charge in [-0.05, 0) is 25.8 Å². The van der Waals surface area contributed by atoms with E-state index < -0.39 is 24.1 Å².